The van der Waals surface area contributed by atoms with Crippen LogP contribution in [0.25, 0.3) is 0 Å². The van der Waals surface area contributed by atoms with E-state index < -0.39 is 0 Å². The van der Waals surface area contributed by atoms with E-state index in [1.807, 2.05) is 12.1 Å². The summed E-state index contributed by atoms with van der Waals surface area (Å²) in [7, 11) is 0. The summed E-state index contributed by atoms with van der Waals surface area (Å²) in [6.45, 7) is 6.44. The van der Waals surface area contributed by atoms with Gasteiger partial charge in [0.15, 0.2) is 0 Å². The Morgan fingerprint density at radius 1 is 1.40 bits per heavy atom. The molecule has 5 heteroatoms. The average Bonchev–Trinajstić information content (AvgIpc) is 2.43. The number of carbonyl (C=O) groups excluding carboxylic acids is 2. The molecule has 1 amide bonds. The first-order chi connectivity index (χ1) is 9.60. The SMILES string of the molecule is C=CCN(CCC(=O)OCC)C(=O)c1ccccc1Br. The molecule has 0 heterocycles. The number of ether oxygens (including phenoxy) is 1. The molecule has 108 valence electrons. The highest BCUT2D eigenvalue weighted by Crippen LogP contribution is 2.18. The van der Waals surface area contributed by atoms with Gasteiger partial charge in [0, 0.05) is 17.6 Å². The number of halogens is 1. The summed E-state index contributed by atoms with van der Waals surface area (Å²) in [4.78, 5) is 25.4. The third-order valence-electron chi connectivity index (χ3n) is 2.63. The lowest BCUT2D eigenvalue weighted by molar-refractivity contribution is -0.143. The molecule has 0 aliphatic rings. The van der Waals surface area contributed by atoms with Gasteiger partial charge in [-0.2, -0.15) is 0 Å². The normalized spacial score (nSPS) is 9.90. The summed E-state index contributed by atoms with van der Waals surface area (Å²) in [5, 5.41) is 0. The Labute approximate surface area is 127 Å². The van der Waals surface area contributed by atoms with E-state index in [2.05, 4.69) is 22.5 Å². The van der Waals surface area contributed by atoms with Gasteiger partial charge >= 0.3 is 5.97 Å². The number of hydrogen-bond acceptors (Lipinski definition) is 3. The summed E-state index contributed by atoms with van der Waals surface area (Å²) < 4.78 is 5.60. The van der Waals surface area contributed by atoms with Gasteiger partial charge < -0.3 is 9.64 Å². The van der Waals surface area contributed by atoms with Crippen LogP contribution < -0.4 is 0 Å². The number of nitrogens with zero attached hydrogens (tertiary/aromatic N) is 1. The number of rotatable bonds is 7. The molecule has 0 aromatic heterocycles. The molecule has 20 heavy (non-hydrogen) atoms. The molecule has 0 atom stereocenters. The van der Waals surface area contributed by atoms with Crippen LogP contribution >= 0.6 is 15.9 Å². The minimum atomic E-state index is -0.304. The van der Waals surface area contributed by atoms with Gasteiger partial charge in [-0.05, 0) is 35.0 Å². The Balaban J connectivity index is 2.75. The molecule has 0 aliphatic heterocycles. The molecular formula is C15H18BrNO3. The number of hydrogen-bond donors (Lipinski definition) is 0. The highest BCUT2D eigenvalue weighted by Gasteiger charge is 2.18. The van der Waals surface area contributed by atoms with Gasteiger partial charge in [-0.1, -0.05) is 18.2 Å². The van der Waals surface area contributed by atoms with Crippen LogP contribution in [-0.2, 0) is 9.53 Å². The lowest BCUT2D eigenvalue weighted by Crippen LogP contribution is -2.33. The minimum absolute atomic E-state index is 0.137. The third-order valence-corrected chi connectivity index (χ3v) is 3.32. The molecule has 1 rings (SSSR count). The Kier molecular flexibility index (Phi) is 7.01. The van der Waals surface area contributed by atoms with Crippen LogP contribution in [0.3, 0.4) is 0 Å². The molecule has 0 aliphatic carbocycles. The number of esters is 1. The Morgan fingerprint density at radius 3 is 2.70 bits per heavy atom. The van der Waals surface area contributed by atoms with E-state index in [1.54, 1.807) is 30.0 Å². The summed E-state index contributed by atoms with van der Waals surface area (Å²) in [5.41, 5.74) is 0.568. The fraction of sp³-hybridized carbons (Fsp3) is 0.333. The molecule has 1 aromatic carbocycles. The summed E-state index contributed by atoms with van der Waals surface area (Å²) in [5.74, 6) is -0.442. The highest BCUT2D eigenvalue weighted by atomic mass is 79.9. The maximum atomic E-state index is 12.4. The van der Waals surface area contributed by atoms with Crippen LogP contribution in [0.15, 0.2) is 41.4 Å². The van der Waals surface area contributed by atoms with Crippen molar-refractivity contribution in [3.63, 3.8) is 0 Å². The first-order valence-electron chi connectivity index (χ1n) is 6.40. The van der Waals surface area contributed by atoms with Crippen molar-refractivity contribution < 1.29 is 14.3 Å². The average molecular weight is 340 g/mol. The van der Waals surface area contributed by atoms with Gasteiger partial charge in [0.05, 0.1) is 18.6 Å². The first kappa shape index (κ1) is 16.4. The maximum Gasteiger partial charge on any atom is 0.307 e. The van der Waals surface area contributed by atoms with Crippen LogP contribution in [0, 0.1) is 0 Å². The van der Waals surface area contributed by atoms with Crippen molar-refractivity contribution in [3.8, 4) is 0 Å². The molecule has 0 bridgehead atoms. The maximum absolute atomic E-state index is 12.4. The quantitative estimate of drug-likeness (QED) is 0.566. The van der Waals surface area contributed by atoms with Gasteiger partial charge in [-0.25, -0.2) is 0 Å². The van der Waals surface area contributed by atoms with E-state index in [9.17, 15) is 9.59 Å². The summed E-state index contributed by atoms with van der Waals surface area (Å²) >= 11 is 3.36. The monoisotopic (exact) mass is 339 g/mol. The Hall–Kier alpha value is -1.62. The molecule has 0 radical (unpaired) electrons. The molecule has 0 fully saturated rings. The summed E-state index contributed by atoms with van der Waals surface area (Å²) in [6, 6.07) is 7.20. The summed E-state index contributed by atoms with van der Waals surface area (Å²) in [6.07, 6.45) is 1.82. The van der Waals surface area contributed by atoms with E-state index in [1.165, 1.54) is 0 Å². The van der Waals surface area contributed by atoms with Crippen molar-refractivity contribution in [3.05, 3.63) is 47.0 Å². The van der Waals surface area contributed by atoms with Gasteiger partial charge in [0.2, 0.25) is 0 Å². The molecule has 0 spiro atoms. The fourth-order valence-corrected chi connectivity index (χ4v) is 2.15. The number of carbonyl (C=O) groups is 2. The number of amides is 1. The van der Waals surface area contributed by atoms with Crippen LogP contribution in [0.5, 0.6) is 0 Å². The van der Waals surface area contributed by atoms with Crippen LogP contribution in [0.4, 0.5) is 0 Å². The van der Waals surface area contributed by atoms with Crippen molar-refractivity contribution in [2.75, 3.05) is 19.7 Å². The van der Waals surface area contributed by atoms with Crippen molar-refractivity contribution in [1.82, 2.24) is 4.90 Å². The van der Waals surface area contributed by atoms with Gasteiger partial charge in [-0.3, -0.25) is 9.59 Å². The van der Waals surface area contributed by atoms with Crippen molar-refractivity contribution in [1.29, 1.82) is 0 Å². The zero-order valence-corrected chi connectivity index (χ0v) is 13.1. The molecule has 4 nitrogen and oxygen atoms in total. The number of benzene rings is 1. The molecule has 1 aromatic rings. The predicted octanol–water partition coefficient (Wildman–Crippen LogP) is 3.03. The van der Waals surface area contributed by atoms with E-state index in [4.69, 9.17) is 4.74 Å². The Bertz CT molecular complexity index is 488. The van der Waals surface area contributed by atoms with E-state index in [-0.39, 0.29) is 18.3 Å². The minimum Gasteiger partial charge on any atom is -0.466 e. The second-order valence-corrected chi connectivity index (χ2v) is 4.93. The van der Waals surface area contributed by atoms with Crippen molar-refractivity contribution in [2.45, 2.75) is 13.3 Å². The van der Waals surface area contributed by atoms with Crippen LogP contribution in [-0.4, -0.2) is 36.5 Å². The van der Waals surface area contributed by atoms with Crippen molar-refractivity contribution in [2.24, 2.45) is 0 Å². The van der Waals surface area contributed by atoms with Gasteiger partial charge in [0.1, 0.15) is 0 Å². The zero-order chi connectivity index (χ0) is 15.0. The third kappa shape index (κ3) is 4.81. The highest BCUT2D eigenvalue weighted by molar-refractivity contribution is 9.10. The largest absolute Gasteiger partial charge is 0.466 e. The smallest absolute Gasteiger partial charge is 0.307 e. The van der Waals surface area contributed by atoms with Crippen molar-refractivity contribution >= 4 is 27.8 Å². The lowest BCUT2D eigenvalue weighted by atomic mass is 10.2. The van der Waals surface area contributed by atoms with Gasteiger partial charge in [0.25, 0.3) is 5.91 Å². The molecule has 0 saturated carbocycles. The second-order valence-electron chi connectivity index (χ2n) is 4.07. The van der Waals surface area contributed by atoms with E-state index in [0.717, 1.165) is 4.47 Å². The van der Waals surface area contributed by atoms with E-state index >= 15 is 0 Å². The predicted molar refractivity (Wildman–Crippen MR) is 81.5 cm³/mol. The molecule has 0 unspecified atom stereocenters. The first-order valence-corrected chi connectivity index (χ1v) is 7.19. The van der Waals surface area contributed by atoms with Crippen LogP contribution in [0.2, 0.25) is 0 Å². The zero-order valence-electron chi connectivity index (χ0n) is 11.5. The molecule has 0 N–H and O–H groups in total. The Morgan fingerprint density at radius 2 is 2.10 bits per heavy atom. The van der Waals surface area contributed by atoms with Gasteiger partial charge in [-0.15, -0.1) is 6.58 Å². The second kappa shape index (κ2) is 8.53. The molecular weight excluding hydrogens is 322 g/mol. The van der Waals surface area contributed by atoms with Crippen LogP contribution in [0.1, 0.15) is 23.7 Å². The standard InChI is InChI=1S/C15H18BrNO3/c1-3-10-17(11-9-14(18)20-4-2)15(19)12-7-5-6-8-13(12)16/h3,5-8H,1,4,9-11H2,2H3. The van der Waals surface area contributed by atoms with E-state index in [0.29, 0.717) is 25.3 Å². The lowest BCUT2D eigenvalue weighted by Gasteiger charge is -2.21. The molecule has 0 saturated heterocycles. The fourth-order valence-electron chi connectivity index (χ4n) is 1.70. The topological polar surface area (TPSA) is 46.6 Å².